The van der Waals surface area contributed by atoms with Gasteiger partial charge in [0.25, 0.3) is 0 Å². The number of hydrogen-bond acceptors (Lipinski definition) is 2. The van der Waals surface area contributed by atoms with Gasteiger partial charge >= 0.3 is 0 Å². The lowest BCUT2D eigenvalue weighted by atomic mass is 9.89. The van der Waals surface area contributed by atoms with Gasteiger partial charge in [-0.3, -0.25) is 4.79 Å². The zero-order valence-electron chi connectivity index (χ0n) is 15.6. The Morgan fingerprint density at radius 3 is 2.33 bits per heavy atom. The Morgan fingerprint density at radius 2 is 1.67 bits per heavy atom. The standard InChI is InChI=1S/C24H25NO2/c1-2-25(21-10-4-3-5-11-21)24(27)22(18-13-14-18)23(26)20-15-12-17-8-6-7-9-19(17)16-20/h3-12,15-16,18,22-23,26H,2,13-14H2,1H3/t22-,23-/m0/s1. The number of carbonyl (C=O) groups is 1. The topological polar surface area (TPSA) is 40.5 Å². The first-order valence-corrected chi connectivity index (χ1v) is 9.72. The van der Waals surface area contributed by atoms with Gasteiger partial charge in [-0.2, -0.15) is 0 Å². The van der Waals surface area contributed by atoms with Crippen molar-refractivity contribution in [3.8, 4) is 0 Å². The molecule has 0 aromatic heterocycles. The lowest BCUT2D eigenvalue weighted by molar-refractivity contribution is -0.127. The van der Waals surface area contributed by atoms with Crippen LogP contribution in [0.5, 0.6) is 0 Å². The first kappa shape index (κ1) is 17.7. The molecule has 1 fully saturated rings. The summed E-state index contributed by atoms with van der Waals surface area (Å²) >= 11 is 0. The number of benzene rings is 3. The molecule has 1 aliphatic rings. The van der Waals surface area contributed by atoms with Gasteiger partial charge < -0.3 is 10.0 Å². The van der Waals surface area contributed by atoms with Crippen LogP contribution in [0.3, 0.4) is 0 Å². The Hall–Kier alpha value is -2.65. The van der Waals surface area contributed by atoms with E-state index in [1.807, 2.05) is 73.7 Å². The summed E-state index contributed by atoms with van der Waals surface area (Å²) in [7, 11) is 0. The maximum absolute atomic E-state index is 13.4. The molecule has 3 heteroatoms. The molecule has 1 N–H and O–H groups in total. The molecule has 3 aromatic carbocycles. The third-order valence-corrected chi connectivity index (χ3v) is 5.52. The molecule has 2 atom stereocenters. The van der Waals surface area contributed by atoms with Crippen LogP contribution in [0.15, 0.2) is 72.8 Å². The van der Waals surface area contributed by atoms with Gasteiger partial charge in [0.15, 0.2) is 0 Å². The van der Waals surface area contributed by atoms with Crippen LogP contribution in [-0.4, -0.2) is 17.6 Å². The lowest BCUT2D eigenvalue weighted by Gasteiger charge is -2.29. The largest absolute Gasteiger partial charge is 0.388 e. The maximum atomic E-state index is 13.4. The second kappa shape index (κ2) is 7.53. The van der Waals surface area contributed by atoms with Crippen molar-refractivity contribution in [2.24, 2.45) is 11.8 Å². The van der Waals surface area contributed by atoms with Gasteiger partial charge in [0.2, 0.25) is 5.91 Å². The quantitative estimate of drug-likeness (QED) is 0.676. The number of carbonyl (C=O) groups excluding carboxylic acids is 1. The van der Waals surface area contributed by atoms with Gasteiger partial charge in [-0.25, -0.2) is 0 Å². The third-order valence-electron chi connectivity index (χ3n) is 5.52. The molecular weight excluding hydrogens is 334 g/mol. The van der Waals surface area contributed by atoms with E-state index in [9.17, 15) is 9.90 Å². The molecule has 138 valence electrons. The molecule has 1 aliphatic carbocycles. The average Bonchev–Trinajstić information content (AvgIpc) is 3.54. The molecule has 1 amide bonds. The number of anilines is 1. The number of hydrogen-bond donors (Lipinski definition) is 1. The van der Waals surface area contributed by atoms with Gasteiger partial charge in [0, 0.05) is 12.2 Å². The molecule has 0 aliphatic heterocycles. The van der Waals surface area contributed by atoms with Crippen LogP contribution < -0.4 is 4.90 Å². The molecule has 0 unspecified atom stereocenters. The number of fused-ring (bicyclic) bond motifs is 1. The summed E-state index contributed by atoms with van der Waals surface area (Å²) in [5.41, 5.74) is 1.71. The minimum absolute atomic E-state index is 0.0202. The van der Waals surface area contributed by atoms with Crippen molar-refractivity contribution in [1.82, 2.24) is 0 Å². The summed E-state index contributed by atoms with van der Waals surface area (Å²) in [5, 5.41) is 13.4. The average molecular weight is 359 g/mol. The summed E-state index contributed by atoms with van der Waals surface area (Å²) in [6.45, 7) is 2.58. The highest BCUT2D eigenvalue weighted by molar-refractivity contribution is 5.96. The van der Waals surface area contributed by atoms with E-state index in [0.717, 1.165) is 34.9 Å². The van der Waals surface area contributed by atoms with E-state index in [4.69, 9.17) is 0 Å². The van der Waals surface area contributed by atoms with Gasteiger partial charge in [0.05, 0.1) is 12.0 Å². The summed E-state index contributed by atoms with van der Waals surface area (Å²) < 4.78 is 0. The predicted octanol–water partition coefficient (Wildman–Crippen LogP) is 4.95. The number of aliphatic hydroxyl groups is 1. The first-order valence-electron chi connectivity index (χ1n) is 9.72. The smallest absolute Gasteiger partial charge is 0.233 e. The van der Waals surface area contributed by atoms with Crippen molar-refractivity contribution >= 4 is 22.4 Å². The van der Waals surface area contributed by atoms with E-state index in [-0.39, 0.29) is 11.8 Å². The minimum Gasteiger partial charge on any atom is -0.388 e. The van der Waals surface area contributed by atoms with Crippen molar-refractivity contribution in [3.63, 3.8) is 0 Å². The highest BCUT2D eigenvalue weighted by Crippen LogP contribution is 2.44. The SMILES string of the molecule is CCN(C(=O)[C@@H](C1CC1)[C@@H](O)c1ccc2ccccc2c1)c1ccccc1. The molecule has 3 aromatic rings. The summed E-state index contributed by atoms with van der Waals surface area (Å²) in [6.07, 6.45) is 1.23. The molecule has 0 saturated heterocycles. The molecule has 1 saturated carbocycles. The van der Waals surface area contributed by atoms with Gasteiger partial charge in [0.1, 0.15) is 0 Å². The fraction of sp³-hybridized carbons (Fsp3) is 0.292. The van der Waals surface area contributed by atoms with E-state index < -0.39 is 12.0 Å². The van der Waals surface area contributed by atoms with Crippen molar-refractivity contribution < 1.29 is 9.90 Å². The fourth-order valence-electron chi connectivity index (χ4n) is 3.90. The molecular formula is C24H25NO2. The van der Waals surface area contributed by atoms with Crippen LogP contribution in [0.25, 0.3) is 10.8 Å². The second-order valence-corrected chi connectivity index (χ2v) is 7.33. The fourth-order valence-corrected chi connectivity index (χ4v) is 3.90. The van der Waals surface area contributed by atoms with Crippen LogP contribution in [0.1, 0.15) is 31.4 Å². The number of aliphatic hydroxyl groups excluding tert-OH is 1. The van der Waals surface area contributed by atoms with Crippen LogP contribution in [0, 0.1) is 11.8 Å². The Balaban J connectivity index is 1.65. The maximum Gasteiger partial charge on any atom is 0.233 e. The van der Waals surface area contributed by atoms with Gasteiger partial charge in [-0.05, 0) is 60.2 Å². The van der Waals surface area contributed by atoms with Gasteiger partial charge in [-0.15, -0.1) is 0 Å². The predicted molar refractivity (Wildman–Crippen MR) is 110 cm³/mol. The summed E-state index contributed by atoms with van der Waals surface area (Å²) in [4.78, 5) is 15.2. The number of rotatable bonds is 6. The summed E-state index contributed by atoms with van der Waals surface area (Å²) in [5.74, 6) is -0.116. The van der Waals surface area contributed by atoms with Crippen LogP contribution in [-0.2, 0) is 4.79 Å². The van der Waals surface area contributed by atoms with E-state index in [0.29, 0.717) is 6.54 Å². The lowest BCUT2D eigenvalue weighted by Crippen LogP contribution is -2.39. The number of amides is 1. The molecule has 3 nitrogen and oxygen atoms in total. The van der Waals surface area contributed by atoms with E-state index in [1.54, 1.807) is 4.90 Å². The Bertz CT molecular complexity index is 933. The van der Waals surface area contributed by atoms with Gasteiger partial charge in [-0.1, -0.05) is 54.6 Å². The zero-order valence-corrected chi connectivity index (χ0v) is 15.6. The zero-order chi connectivity index (χ0) is 18.8. The van der Waals surface area contributed by atoms with E-state index in [1.165, 1.54) is 0 Å². The first-order chi connectivity index (χ1) is 13.2. The Morgan fingerprint density at radius 1 is 1.00 bits per heavy atom. The van der Waals surface area contributed by atoms with E-state index >= 15 is 0 Å². The van der Waals surface area contributed by atoms with Crippen molar-refractivity contribution in [2.75, 3.05) is 11.4 Å². The van der Waals surface area contributed by atoms with Crippen LogP contribution in [0.2, 0.25) is 0 Å². The van der Waals surface area contributed by atoms with Crippen molar-refractivity contribution in [2.45, 2.75) is 25.9 Å². The molecule has 4 rings (SSSR count). The Labute approximate surface area is 160 Å². The molecule has 0 heterocycles. The number of nitrogens with zero attached hydrogens (tertiary/aromatic N) is 1. The van der Waals surface area contributed by atoms with Crippen LogP contribution in [0.4, 0.5) is 5.69 Å². The summed E-state index contributed by atoms with van der Waals surface area (Å²) in [6, 6.07) is 23.8. The van der Waals surface area contributed by atoms with Crippen molar-refractivity contribution in [1.29, 1.82) is 0 Å². The van der Waals surface area contributed by atoms with E-state index in [2.05, 4.69) is 6.07 Å². The molecule has 27 heavy (non-hydrogen) atoms. The highest BCUT2D eigenvalue weighted by Gasteiger charge is 2.43. The normalized spacial score (nSPS) is 16.1. The third kappa shape index (κ3) is 3.60. The monoisotopic (exact) mass is 359 g/mol. The number of para-hydroxylation sites is 1. The minimum atomic E-state index is -0.785. The second-order valence-electron chi connectivity index (χ2n) is 7.33. The highest BCUT2D eigenvalue weighted by atomic mass is 16.3. The van der Waals surface area contributed by atoms with Crippen molar-refractivity contribution in [3.05, 3.63) is 78.4 Å². The van der Waals surface area contributed by atoms with Crippen LogP contribution >= 0.6 is 0 Å². The Kier molecular flexibility index (Phi) is 4.95. The molecule has 0 bridgehead atoms. The molecule has 0 radical (unpaired) electrons. The molecule has 0 spiro atoms.